The lowest BCUT2D eigenvalue weighted by Crippen LogP contribution is -2.40. The molecule has 0 aromatic carbocycles. The highest BCUT2D eigenvalue weighted by atomic mass is 16.3. The molecule has 4 atom stereocenters. The highest BCUT2D eigenvalue weighted by molar-refractivity contribution is 5.19. The van der Waals surface area contributed by atoms with Crippen LogP contribution in [-0.4, -0.2) is 21.4 Å². The summed E-state index contributed by atoms with van der Waals surface area (Å²) in [7, 11) is 0. The number of hydrogen-bond donors (Lipinski definition) is 2. The Hall–Kier alpha value is -0.340. The summed E-state index contributed by atoms with van der Waals surface area (Å²) in [6, 6.07) is 0. The maximum Gasteiger partial charge on any atom is 0.0686 e. The number of allylic oxidation sites excluding steroid dienone is 1. The van der Waals surface area contributed by atoms with Crippen LogP contribution in [0, 0.1) is 17.8 Å². The van der Waals surface area contributed by atoms with E-state index in [0.717, 1.165) is 25.7 Å². The smallest absolute Gasteiger partial charge is 0.0686 e. The molecule has 0 radical (unpaired) electrons. The van der Waals surface area contributed by atoms with Crippen LogP contribution in [0.15, 0.2) is 11.6 Å². The van der Waals surface area contributed by atoms with Gasteiger partial charge in [0, 0.05) is 5.92 Å². The van der Waals surface area contributed by atoms with Crippen molar-refractivity contribution in [1.29, 1.82) is 0 Å². The molecule has 0 aliphatic heterocycles. The third-order valence-electron chi connectivity index (χ3n) is 4.97. The predicted molar refractivity (Wildman–Crippen MR) is 69.6 cm³/mol. The van der Waals surface area contributed by atoms with Crippen molar-refractivity contribution in [2.75, 3.05) is 0 Å². The first kappa shape index (κ1) is 13.1. The minimum absolute atomic E-state index is 0.123. The highest BCUT2D eigenvalue weighted by Crippen LogP contribution is 2.50. The van der Waals surface area contributed by atoms with E-state index < -0.39 is 11.2 Å². The van der Waals surface area contributed by atoms with Gasteiger partial charge < -0.3 is 10.2 Å². The van der Waals surface area contributed by atoms with E-state index in [1.54, 1.807) is 0 Å². The molecule has 2 aliphatic carbocycles. The van der Waals surface area contributed by atoms with Gasteiger partial charge in [-0.25, -0.2) is 0 Å². The molecule has 1 fully saturated rings. The summed E-state index contributed by atoms with van der Waals surface area (Å²) in [5.74, 6) is 0.854. The Morgan fingerprint density at radius 1 is 1.18 bits per heavy atom. The zero-order valence-corrected chi connectivity index (χ0v) is 11.5. The monoisotopic (exact) mass is 238 g/mol. The van der Waals surface area contributed by atoms with Gasteiger partial charge in [-0.05, 0) is 51.4 Å². The van der Waals surface area contributed by atoms with Crippen molar-refractivity contribution in [3.05, 3.63) is 11.6 Å². The van der Waals surface area contributed by atoms with Gasteiger partial charge in [0.1, 0.15) is 0 Å². The zero-order chi connectivity index (χ0) is 12.8. The minimum Gasteiger partial charge on any atom is -0.390 e. The van der Waals surface area contributed by atoms with E-state index in [2.05, 4.69) is 19.9 Å². The molecular formula is C15H26O2. The zero-order valence-electron chi connectivity index (χ0n) is 11.5. The van der Waals surface area contributed by atoms with Crippen molar-refractivity contribution in [2.45, 2.75) is 64.6 Å². The molecule has 2 nitrogen and oxygen atoms in total. The molecule has 0 unspecified atom stereocenters. The fourth-order valence-electron chi connectivity index (χ4n) is 3.60. The van der Waals surface area contributed by atoms with Crippen LogP contribution in [0.2, 0.25) is 0 Å². The molecule has 98 valence electrons. The van der Waals surface area contributed by atoms with Gasteiger partial charge in [-0.2, -0.15) is 0 Å². The largest absolute Gasteiger partial charge is 0.390 e. The first-order chi connectivity index (χ1) is 7.74. The molecule has 1 saturated carbocycles. The first-order valence-electron chi connectivity index (χ1n) is 6.89. The average Bonchev–Trinajstić information content (AvgIpc) is 2.39. The molecule has 0 aromatic heterocycles. The summed E-state index contributed by atoms with van der Waals surface area (Å²) in [6.07, 6.45) is 5.80. The van der Waals surface area contributed by atoms with Crippen LogP contribution in [0.1, 0.15) is 53.4 Å². The Bertz CT molecular complexity index is 326. The molecule has 2 heteroatoms. The summed E-state index contributed by atoms with van der Waals surface area (Å²) < 4.78 is 0. The first-order valence-corrected chi connectivity index (χ1v) is 6.89. The second-order valence-corrected chi connectivity index (χ2v) is 6.78. The molecule has 17 heavy (non-hydrogen) atoms. The minimum atomic E-state index is -0.640. The highest BCUT2D eigenvalue weighted by Gasteiger charge is 2.50. The lowest BCUT2D eigenvalue weighted by atomic mass is 9.77. The second-order valence-electron chi connectivity index (χ2n) is 6.78. The van der Waals surface area contributed by atoms with Crippen molar-refractivity contribution >= 4 is 0 Å². The van der Waals surface area contributed by atoms with Crippen molar-refractivity contribution in [3.63, 3.8) is 0 Å². The van der Waals surface area contributed by atoms with Crippen LogP contribution < -0.4 is 0 Å². The molecule has 0 heterocycles. The van der Waals surface area contributed by atoms with Crippen LogP contribution in [0.3, 0.4) is 0 Å². The number of hydrogen-bond acceptors (Lipinski definition) is 2. The summed E-state index contributed by atoms with van der Waals surface area (Å²) in [5, 5.41) is 21.1. The van der Waals surface area contributed by atoms with E-state index in [0.29, 0.717) is 5.92 Å². The van der Waals surface area contributed by atoms with Crippen LogP contribution in [0.4, 0.5) is 0 Å². The van der Waals surface area contributed by atoms with Gasteiger partial charge in [0.25, 0.3) is 0 Å². The Labute approximate surface area is 105 Å². The molecular weight excluding hydrogens is 212 g/mol. The van der Waals surface area contributed by atoms with E-state index in [1.165, 1.54) is 5.57 Å². The summed E-state index contributed by atoms with van der Waals surface area (Å²) in [4.78, 5) is 0. The quantitative estimate of drug-likeness (QED) is 0.690. The van der Waals surface area contributed by atoms with Crippen molar-refractivity contribution < 1.29 is 10.2 Å². The van der Waals surface area contributed by atoms with E-state index in [1.807, 2.05) is 13.8 Å². The van der Waals surface area contributed by atoms with E-state index in [9.17, 15) is 10.2 Å². The van der Waals surface area contributed by atoms with Gasteiger partial charge >= 0.3 is 0 Å². The lowest BCUT2D eigenvalue weighted by molar-refractivity contribution is -0.0419. The fourth-order valence-corrected chi connectivity index (χ4v) is 3.60. The van der Waals surface area contributed by atoms with Crippen LogP contribution in [0.25, 0.3) is 0 Å². The topological polar surface area (TPSA) is 40.5 Å². The molecule has 0 spiro atoms. The van der Waals surface area contributed by atoms with Gasteiger partial charge in [-0.15, -0.1) is 0 Å². The van der Waals surface area contributed by atoms with E-state index in [-0.39, 0.29) is 11.8 Å². The van der Waals surface area contributed by atoms with Crippen LogP contribution >= 0.6 is 0 Å². The molecule has 2 aliphatic rings. The molecule has 2 N–H and O–H groups in total. The van der Waals surface area contributed by atoms with Crippen LogP contribution in [-0.2, 0) is 0 Å². The Kier molecular flexibility index (Phi) is 3.16. The predicted octanol–water partition coefficient (Wildman–Crippen LogP) is 2.89. The van der Waals surface area contributed by atoms with E-state index >= 15 is 0 Å². The molecule has 2 rings (SSSR count). The van der Waals surface area contributed by atoms with Gasteiger partial charge in [-0.3, -0.25) is 0 Å². The Morgan fingerprint density at radius 3 is 2.41 bits per heavy atom. The Morgan fingerprint density at radius 2 is 1.82 bits per heavy atom. The van der Waals surface area contributed by atoms with Crippen LogP contribution in [0.5, 0.6) is 0 Å². The van der Waals surface area contributed by atoms with Crippen molar-refractivity contribution in [1.82, 2.24) is 0 Å². The normalized spacial score (nSPS) is 46.6. The molecule has 0 aromatic rings. The van der Waals surface area contributed by atoms with Gasteiger partial charge in [0.15, 0.2) is 0 Å². The molecule has 0 amide bonds. The summed E-state index contributed by atoms with van der Waals surface area (Å²) in [5.41, 5.74) is 0.136. The maximum atomic E-state index is 10.6. The lowest BCUT2D eigenvalue weighted by Gasteiger charge is -2.34. The van der Waals surface area contributed by atoms with Crippen molar-refractivity contribution in [2.24, 2.45) is 17.8 Å². The summed E-state index contributed by atoms with van der Waals surface area (Å²) >= 11 is 0. The average molecular weight is 238 g/mol. The fraction of sp³-hybridized carbons (Fsp3) is 0.867. The van der Waals surface area contributed by atoms with Gasteiger partial charge in [-0.1, -0.05) is 25.5 Å². The third kappa shape index (κ3) is 2.30. The number of fused-ring (bicyclic) bond motifs is 1. The maximum absolute atomic E-state index is 10.6. The Balaban J connectivity index is 2.37. The SMILES string of the molecule is CC(C)C1=C[C@H]2[C@@H](CC[C@@]2(C)O)[C@@](C)(O)CC1. The summed E-state index contributed by atoms with van der Waals surface area (Å²) in [6.45, 7) is 8.27. The van der Waals surface area contributed by atoms with Gasteiger partial charge in [0.2, 0.25) is 0 Å². The van der Waals surface area contributed by atoms with E-state index in [4.69, 9.17) is 0 Å². The standard InChI is InChI=1S/C15H26O2/c1-10(2)11-5-7-14(3,16)12-6-8-15(4,17)13(12)9-11/h9-10,12-13,16-17H,5-8H2,1-4H3/t12-,13+,14+,15-/m1/s1. The molecule has 0 bridgehead atoms. The molecule has 0 saturated heterocycles. The number of rotatable bonds is 1. The number of aliphatic hydroxyl groups is 2. The third-order valence-corrected chi connectivity index (χ3v) is 4.97. The second kappa shape index (κ2) is 4.10. The van der Waals surface area contributed by atoms with Gasteiger partial charge in [0.05, 0.1) is 11.2 Å². The van der Waals surface area contributed by atoms with Crippen molar-refractivity contribution in [3.8, 4) is 0 Å².